The number of furan rings is 1. The summed E-state index contributed by atoms with van der Waals surface area (Å²) in [6.07, 6.45) is 0.225. The maximum atomic E-state index is 12.1. The van der Waals surface area contributed by atoms with Crippen LogP contribution in [-0.4, -0.2) is 22.6 Å². The van der Waals surface area contributed by atoms with E-state index in [1.807, 2.05) is 6.07 Å². The first-order valence-electron chi connectivity index (χ1n) is 8.68. The zero-order valence-corrected chi connectivity index (χ0v) is 16.0. The summed E-state index contributed by atoms with van der Waals surface area (Å²) in [5, 5.41) is 7.57. The highest BCUT2D eigenvalue weighted by Gasteiger charge is 2.13. The van der Waals surface area contributed by atoms with Gasteiger partial charge < -0.3 is 15.1 Å². The number of benzene rings is 1. The average molecular weight is 397 g/mol. The molecule has 8 heteroatoms. The molecule has 0 radical (unpaired) electrons. The molecule has 0 aliphatic carbocycles. The highest BCUT2D eigenvalue weighted by Crippen LogP contribution is 2.26. The molecule has 0 fully saturated rings. The molecule has 0 atom stereocenters. The molecule has 2 N–H and O–H groups in total. The summed E-state index contributed by atoms with van der Waals surface area (Å²) in [5.74, 6) is 0.691. The van der Waals surface area contributed by atoms with E-state index >= 15 is 0 Å². The fraction of sp³-hybridized carbons (Fsp3) is 0.200. The van der Waals surface area contributed by atoms with E-state index in [9.17, 15) is 14.4 Å². The van der Waals surface area contributed by atoms with Crippen molar-refractivity contribution in [1.29, 1.82) is 0 Å². The van der Waals surface area contributed by atoms with Crippen molar-refractivity contribution in [3.63, 3.8) is 0 Å². The standard InChI is InChI=1S/C20H19N3O4S/c1-13(24)21-11-15-7-9-18(27-15)16-12-28-20(22-16)23-19(26)10-8-17(25)14-5-3-2-4-6-14/h2-7,9,12H,8,10-11H2,1H3,(H,21,24)(H,22,23,26). The summed E-state index contributed by atoms with van der Waals surface area (Å²) >= 11 is 1.27. The lowest BCUT2D eigenvalue weighted by Crippen LogP contribution is -2.18. The molecule has 1 aromatic carbocycles. The monoisotopic (exact) mass is 397 g/mol. The Balaban J connectivity index is 1.52. The highest BCUT2D eigenvalue weighted by atomic mass is 32.1. The maximum Gasteiger partial charge on any atom is 0.226 e. The summed E-state index contributed by atoms with van der Waals surface area (Å²) in [5.41, 5.74) is 1.19. The van der Waals surface area contributed by atoms with Gasteiger partial charge in [0.2, 0.25) is 11.8 Å². The second-order valence-corrected chi connectivity index (χ2v) is 6.91. The van der Waals surface area contributed by atoms with Crippen LogP contribution in [0.25, 0.3) is 11.5 Å². The van der Waals surface area contributed by atoms with E-state index in [1.54, 1.807) is 41.8 Å². The Morgan fingerprint density at radius 2 is 1.86 bits per heavy atom. The Morgan fingerprint density at radius 3 is 2.61 bits per heavy atom. The van der Waals surface area contributed by atoms with Crippen LogP contribution in [0.1, 0.15) is 35.9 Å². The first kappa shape index (κ1) is 19.5. The van der Waals surface area contributed by atoms with Gasteiger partial charge in [-0.2, -0.15) is 0 Å². The number of nitrogens with zero attached hydrogens (tertiary/aromatic N) is 1. The molecular weight excluding hydrogens is 378 g/mol. The smallest absolute Gasteiger partial charge is 0.226 e. The van der Waals surface area contributed by atoms with Crippen molar-refractivity contribution < 1.29 is 18.8 Å². The molecule has 2 heterocycles. The van der Waals surface area contributed by atoms with Crippen LogP contribution in [0.3, 0.4) is 0 Å². The van der Waals surface area contributed by atoms with Crippen LogP contribution in [0.2, 0.25) is 0 Å². The number of Topliss-reactive ketones (excluding diaryl/α,β-unsaturated/α-hetero) is 1. The minimum atomic E-state index is -0.268. The van der Waals surface area contributed by atoms with Crippen LogP contribution in [0.4, 0.5) is 5.13 Å². The Labute approximate surface area is 165 Å². The number of amides is 2. The van der Waals surface area contributed by atoms with E-state index in [0.29, 0.717) is 34.5 Å². The lowest BCUT2D eigenvalue weighted by atomic mass is 10.1. The van der Waals surface area contributed by atoms with Crippen LogP contribution in [-0.2, 0) is 16.1 Å². The van der Waals surface area contributed by atoms with Crippen molar-refractivity contribution in [2.75, 3.05) is 5.32 Å². The van der Waals surface area contributed by atoms with Crippen LogP contribution in [0, 0.1) is 0 Å². The molecule has 0 aliphatic rings. The molecule has 3 aromatic rings. The molecule has 3 rings (SSSR count). The number of carbonyl (C=O) groups is 3. The van der Waals surface area contributed by atoms with Crippen LogP contribution in [0.5, 0.6) is 0 Å². The predicted molar refractivity (Wildman–Crippen MR) is 106 cm³/mol. The molecule has 0 bridgehead atoms. The third kappa shape index (κ3) is 5.37. The first-order chi connectivity index (χ1) is 13.5. The summed E-state index contributed by atoms with van der Waals surface area (Å²) in [4.78, 5) is 39.4. The fourth-order valence-electron chi connectivity index (χ4n) is 2.44. The summed E-state index contributed by atoms with van der Waals surface area (Å²) < 4.78 is 5.64. The molecule has 0 saturated carbocycles. The predicted octanol–water partition coefficient (Wildman–Crippen LogP) is 3.64. The van der Waals surface area contributed by atoms with Crippen molar-refractivity contribution in [2.24, 2.45) is 0 Å². The minimum absolute atomic E-state index is 0.0714. The topological polar surface area (TPSA) is 101 Å². The van der Waals surface area contributed by atoms with E-state index in [1.165, 1.54) is 18.3 Å². The highest BCUT2D eigenvalue weighted by molar-refractivity contribution is 7.14. The third-order valence-corrected chi connectivity index (χ3v) is 4.61. The molecule has 7 nitrogen and oxygen atoms in total. The Kier molecular flexibility index (Phi) is 6.33. The zero-order chi connectivity index (χ0) is 19.9. The van der Waals surface area contributed by atoms with Crippen molar-refractivity contribution >= 4 is 34.1 Å². The number of carbonyl (C=O) groups excluding carboxylic acids is 3. The SMILES string of the molecule is CC(=O)NCc1ccc(-c2csc(NC(=O)CCC(=O)c3ccccc3)n2)o1. The van der Waals surface area contributed by atoms with Gasteiger partial charge in [-0.25, -0.2) is 4.98 Å². The Bertz CT molecular complexity index is 978. The molecule has 0 saturated heterocycles. The van der Waals surface area contributed by atoms with E-state index in [-0.39, 0.29) is 30.4 Å². The Hall–Kier alpha value is -3.26. The second kappa shape index (κ2) is 9.09. The van der Waals surface area contributed by atoms with Gasteiger partial charge in [-0.05, 0) is 12.1 Å². The number of aromatic nitrogens is 1. The average Bonchev–Trinajstić information content (AvgIpc) is 3.34. The maximum absolute atomic E-state index is 12.1. The number of hydrogen-bond acceptors (Lipinski definition) is 6. The number of thiazole rings is 1. The van der Waals surface area contributed by atoms with Gasteiger partial charge in [0, 0.05) is 30.7 Å². The summed E-state index contributed by atoms with van der Waals surface area (Å²) in [7, 11) is 0. The lowest BCUT2D eigenvalue weighted by molar-refractivity contribution is -0.119. The fourth-order valence-corrected chi connectivity index (χ4v) is 3.16. The second-order valence-electron chi connectivity index (χ2n) is 6.05. The number of nitrogens with one attached hydrogen (secondary N) is 2. The molecule has 0 aliphatic heterocycles. The van der Waals surface area contributed by atoms with Crippen molar-refractivity contribution in [3.05, 3.63) is 59.2 Å². The van der Waals surface area contributed by atoms with Crippen LogP contribution >= 0.6 is 11.3 Å². The molecule has 0 unspecified atom stereocenters. The zero-order valence-electron chi connectivity index (χ0n) is 15.2. The summed E-state index contributed by atoms with van der Waals surface area (Å²) in [6, 6.07) is 12.4. The van der Waals surface area contributed by atoms with E-state index in [0.717, 1.165) is 0 Å². The van der Waals surface area contributed by atoms with Gasteiger partial charge in [0.15, 0.2) is 16.7 Å². The number of hydrogen-bond donors (Lipinski definition) is 2. The van der Waals surface area contributed by atoms with E-state index < -0.39 is 0 Å². The van der Waals surface area contributed by atoms with Gasteiger partial charge in [-0.1, -0.05) is 30.3 Å². The number of anilines is 1. The number of rotatable bonds is 8. The quantitative estimate of drug-likeness (QED) is 0.565. The molecule has 0 spiro atoms. The molecule has 28 heavy (non-hydrogen) atoms. The van der Waals surface area contributed by atoms with Gasteiger partial charge in [0.1, 0.15) is 11.5 Å². The molecule has 144 valence electrons. The van der Waals surface area contributed by atoms with Crippen molar-refractivity contribution in [2.45, 2.75) is 26.3 Å². The van der Waals surface area contributed by atoms with Gasteiger partial charge in [-0.15, -0.1) is 11.3 Å². The van der Waals surface area contributed by atoms with Crippen molar-refractivity contribution in [1.82, 2.24) is 10.3 Å². The van der Waals surface area contributed by atoms with Crippen LogP contribution < -0.4 is 10.6 Å². The molecule has 2 amide bonds. The third-order valence-electron chi connectivity index (χ3n) is 3.85. The minimum Gasteiger partial charge on any atom is -0.458 e. The first-order valence-corrected chi connectivity index (χ1v) is 9.56. The molecular formula is C20H19N3O4S. The van der Waals surface area contributed by atoms with Gasteiger partial charge in [0.05, 0.1) is 6.54 Å². The van der Waals surface area contributed by atoms with Gasteiger partial charge in [-0.3, -0.25) is 14.4 Å². The van der Waals surface area contributed by atoms with Gasteiger partial charge >= 0.3 is 0 Å². The normalized spacial score (nSPS) is 10.5. The van der Waals surface area contributed by atoms with Crippen LogP contribution in [0.15, 0.2) is 52.3 Å². The summed E-state index contributed by atoms with van der Waals surface area (Å²) in [6.45, 7) is 1.74. The Morgan fingerprint density at radius 1 is 1.07 bits per heavy atom. The van der Waals surface area contributed by atoms with Crippen molar-refractivity contribution in [3.8, 4) is 11.5 Å². The molecule has 2 aromatic heterocycles. The van der Waals surface area contributed by atoms with Gasteiger partial charge in [0.25, 0.3) is 0 Å². The van der Waals surface area contributed by atoms with E-state index in [4.69, 9.17) is 4.42 Å². The number of ketones is 1. The van der Waals surface area contributed by atoms with E-state index in [2.05, 4.69) is 15.6 Å². The lowest BCUT2D eigenvalue weighted by Gasteiger charge is -2.02. The largest absolute Gasteiger partial charge is 0.458 e.